The molecule has 2 unspecified atom stereocenters. The molecule has 1 aliphatic heterocycles. The predicted octanol–water partition coefficient (Wildman–Crippen LogP) is 1.65. The van der Waals surface area contributed by atoms with Crippen LogP contribution in [-0.4, -0.2) is 36.7 Å². The summed E-state index contributed by atoms with van der Waals surface area (Å²) in [5.41, 5.74) is 0. The largest absolute Gasteiger partial charge is 0.377 e. The maximum atomic E-state index is 5.56. The van der Waals surface area contributed by atoms with Gasteiger partial charge in [-0.1, -0.05) is 6.42 Å². The molecule has 2 heteroatoms. The molecule has 2 nitrogen and oxygen atoms in total. The van der Waals surface area contributed by atoms with Crippen LogP contribution in [0, 0.1) is 0 Å². The Hall–Kier alpha value is -0.0800. The molecule has 0 aromatic carbocycles. The molecule has 0 N–H and O–H groups in total. The van der Waals surface area contributed by atoms with Crippen molar-refractivity contribution in [1.29, 1.82) is 0 Å². The lowest BCUT2D eigenvalue weighted by Gasteiger charge is -2.39. The van der Waals surface area contributed by atoms with Crippen LogP contribution in [0.4, 0.5) is 0 Å². The maximum absolute atomic E-state index is 5.56. The van der Waals surface area contributed by atoms with E-state index in [2.05, 4.69) is 18.9 Å². The third kappa shape index (κ3) is 1.38. The fourth-order valence-electron chi connectivity index (χ4n) is 2.32. The zero-order valence-electron chi connectivity index (χ0n) is 8.12. The van der Waals surface area contributed by atoms with Gasteiger partial charge in [-0.2, -0.15) is 0 Å². The third-order valence-electron chi connectivity index (χ3n) is 3.51. The highest BCUT2D eigenvalue weighted by Gasteiger charge is 2.33. The Labute approximate surface area is 74.9 Å². The van der Waals surface area contributed by atoms with Crippen LogP contribution in [0.15, 0.2) is 0 Å². The van der Waals surface area contributed by atoms with Gasteiger partial charge < -0.3 is 4.74 Å². The Bertz CT molecular complexity index is 156. The second-order valence-corrected chi connectivity index (χ2v) is 4.18. The summed E-state index contributed by atoms with van der Waals surface area (Å²) in [5.74, 6) is 0. The predicted molar refractivity (Wildman–Crippen MR) is 49.2 cm³/mol. The van der Waals surface area contributed by atoms with E-state index in [0.717, 1.165) is 12.6 Å². The monoisotopic (exact) mass is 169 g/mol. The van der Waals surface area contributed by atoms with E-state index in [4.69, 9.17) is 4.74 Å². The van der Waals surface area contributed by atoms with E-state index < -0.39 is 0 Å². The van der Waals surface area contributed by atoms with Crippen molar-refractivity contribution >= 4 is 0 Å². The standard InChI is InChI=1S/C10H19NO/c1-8-10(6-7-12-8)11(2)9-4-3-5-9/h8-10H,3-7H2,1-2H3. The van der Waals surface area contributed by atoms with Gasteiger partial charge in [0.05, 0.1) is 6.10 Å². The molecular formula is C10H19NO. The van der Waals surface area contributed by atoms with Crippen LogP contribution in [0.1, 0.15) is 32.6 Å². The Balaban J connectivity index is 1.89. The van der Waals surface area contributed by atoms with Crippen molar-refractivity contribution < 1.29 is 4.74 Å². The first kappa shape index (κ1) is 8.52. The minimum absolute atomic E-state index is 0.454. The highest BCUT2D eigenvalue weighted by Crippen LogP contribution is 2.29. The lowest BCUT2D eigenvalue weighted by Crippen LogP contribution is -2.46. The number of rotatable bonds is 2. The Morgan fingerprint density at radius 3 is 2.42 bits per heavy atom. The van der Waals surface area contributed by atoms with Gasteiger partial charge in [-0.25, -0.2) is 0 Å². The van der Waals surface area contributed by atoms with Crippen molar-refractivity contribution in [2.45, 2.75) is 50.8 Å². The number of nitrogens with zero attached hydrogens (tertiary/aromatic N) is 1. The van der Waals surface area contributed by atoms with Crippen LogP contribution in [0.3, 0.4) is 0 Å². The van der Waals surface area contributed by atoms with Crippen LogP contribution in [-0.2, 0) is 4.74 Å². The summed E-state index contributed by atoms with van der Waals surface area (Å²) in [5, 5.41) is 0. The van der Waals surface area contributed by atoms with Gasteiger partial charge in [0.15, 0.2) is 0 Å². The molecule has 0 aromatic heterocycles. The van der Waals surface area contributed by atoms with Crippen molar-refractivity contribution in [3.05, 3.63) is 0 Å². The summed E-state index contributed by atoms with van der Waals surface area (Å²) in [6.45, 7) is 3.16. The lowest BCUT2D eigenvalue weighted by molar-refractivity contribution is 0.0475. The smallest absolute Gasteiger partial charge is 0.0703 e. The van der Waals surface area contributed by atoms with E-state index in [-0.39, 0.29) is 0 Å². The van der Waals surface area contributed by atoms with Crippen LogP contribution in [0.2, 0.25) is 0 Å². The number of hydrogen-bond donors (Lipinski definition) is 0. The molecule has 0 aromatic rings. The Morgan fingerprint density at radius 1 is 1.25 bits per heavy atom. The van der Waals surface area contributed by atoms with Gasteiger partial charge in [0.1, 0.15) is 0 Å². The second kappa shape index (κ2) is 3.35. The average molecular weight is 169 g/mol. The van der Waals surface area contributed by atoms with Crippen LogP contribution in [0.25, 0.3) is 0 Å². The molecule has 0 bridgehead atoms. The van der Waals surface area contributed by atoms with Gasteiger partial charge in [0.2, 0.25) is 0 Å². The fraction of sp³-hybridized carbons (Fsp3) is 1.00. The Morgan fingerprint density at radius 2 is 2.00 bits per heavy atom. The molecular weight excluding hydrogens is 150 g/mol. The highest BCUT2D eigenvalue weighted by atomic mass is 16.5. The van der Waals surface area contributed by atoms with Crippen molar-refractivity contribution in [3.8, 4) is 0 Å². The topological polar surface area (TPSA) is 12.5 Å². The molecule has 1 saturated carbocycles. The van der Waals surface area contributed by atoms with E-state index in [1.807, 2.05) is 0 Å². The van der Waals surface area contributed by atoms with Gasteiger partial charge in [0, 0.05) is 18.7 Å². The second-order valence-electron chi connectivity index (χ2n) is 4.18. The molecule has 2 rings (SSSR count). The molecule has 70 valence electrons. The van der Waals surface area contributed by atoms with E-state index >= 15 is 0 Å². The number of ether oxygens (including phenoxy) is 1. The van der Waals surface area contributed by atoms with Gasteiger partial charge in [-0.3, -0.25) is 4.90 Å². The lowest BCUT2D eigenvalue weighted by atomic mass is 9.90. The normalized spacial score (nSPS) is 37.2. The summed E-state index contributed by atoms with van der Waals surface area (Å²) in [6, 6.07) is 1.55. The zero-order valence-corrected chi connectivity index (χ0v) is 8.12. The molecule has 2 aliphatic rings. The Kier molecular flexibility index (Phi) is 2.37. The fourth-order valence-corrected chi connectivity index (χ4v) is 2.32. The van der Waals surface area contributed by atoms with Crippen LogP contribution in [0.5, 0.6) is 0 Å². The molecule has 2 fully saturated rings. The molecule has 0 spiro atoms. The summed E-state index contributed by atoms with van der Waals surface area (Å²) in [7, 11) is 2.26. The van der Waals surface area contributed by atoms with Gasteiger partial charge in [-0.05, 0) is 33.2 Å². The maximum Gasteiger partial charge on any atom is 0.0703 e. The van der Waals surface area contributed by atoms with Gasteiger partial charge in [0.25, 0.3) is 0 Å². The molecule has 1 saturated heterocycles. The van der Waals surface area contributed by atoms with Crippen molar-refractivity contribution in [2.24, 2.45) is 0 Å². The number of hydrogen-bond acceptors (Lipinski definition) is 2. The van der Waals surface area contributed by atoms with E-state index in [0.29, 0.717) is 12.1 Å². The van der Waals surface area contributed by atoms with E-state index in [1.165, 1.54) is 25.7 Å². The molecule has 12 heavy (non-hydrogen) atoms. The molecule has 0 radical (unpaired) electrons. The SMILES string of the molecule is CC1OCCC1N(C)C1CCC1. The third-order valence-corrected chi connectivity index (χ3v) is 3.51. The van der Waals surface area contributed by atoms with Crippen LogP contribution < -0.4 is 0 Å². The van der Waals surface area contributed by atoms with Crippen molar-refractivity contribution in [3.63, 3.8) is 0 Å². The zero-order chi connectivity index (χ0) is 8.55. The molecule has 2 atom stereocenters. The molecule has 1 aliphatic carbocycles. The first-order chi connectivity index (χ1) is 5.79. The first-order valence-electron chi connectivity index (χ1n) is 5.12. The van der Waals surface area contributed by atoms with Crippen molar-refractivity contribution in [2.75, 3.05) is 13.7 Å². The van der Waals surface area contributed by atoms with Crippen molar-refractivity contribution in [1.82, 2.24) is 4.90 Å². The van der Waals surface area contributed by atoms with Gasteiger partial charge >= 0.3 is 0 Å². The first-order valence-corrected chi connectivity index (χ1v) is 5.12. The van der Waals surface area contributed by atoms with E-state index in [9.17, 15) is 0 Å². The minimum atomic E-state index is 0.454. The quantitative estimate of drug-likeness (QED) is 0.623. The van der Waals surface area contributed by atoms with E-state index in [1.54, 1.807) is 0 Å². The molecule has 0 amide bonds. The highest BCUT2D eigenvalue weighted by molar-refractivity contribution is 4.87. The van der Waals surface area contributed by atoms with Crippen LogP contribution >= 0.6 is 0 Å². The number of likely N-dealkylation sites (N-methyl/N-ethyl adjacent to an activating group) is 1. The summed E-state index contributed by atoms with van der Waals surface area (Å²) in [4.78, 5) is 2.54. The summed E-state index contributed by atoms with van der Waals surface area (Å²) in [6.07, 6.45) is 5.92. The minimum Gasteiger partial charge on any atom is -0.377 e. The summed E-state index contributed by atoms with van der Waals surface area (Å²) < 4.78 is 5.56. The van der Waals surface area contributed by atoms with Gasteiger partial charge in [-0.15, -0.1) is 0 Å². The summed E-state index contributed by atoms with van der Waals surface area (Å²) >= 11 is 0. The molecule has 1 heterocycles. The average Bonchev–Trinajstić information content (AvgIpc) is 2.31.